The Kier molecular flexibility index (Phi) is 9.03. The molecule has 1 aliphatic heterocycles. The predicted molar refractivity (Wildman–Crippen MR) is 29.2 cm³/mol. The largest absolute Gasteiger partial charge is 1.00 e. The zero-order chi connectivity index (χ0) is 9.78. The molecule has 0 aromatic heterocycles. The molecule has 0 radical (unpaired) electrons. The fourth-order valence-corrected chi connectivity index (χ4v) is 0.260. The van der Waals surface area contributed by atoms with Gasteiger partial charge >= 0.3 is 58.7 Å². The minimum absolute atomic E-state index is 0. The maximum absolute atomic E-state index is 11.6. The minimum atomic E-state index is -3.71. The average Bonchev–Trinajstić information content (AvgIpc) is 2.10. The third kappa shape index (κ3) is 7.91. The third-order valence-electron chi connectivity index (χ3n) is 0.599. The Hall–Kier alpha value is 0.871. The predicted octanol–water partition coefficient (Wildman–Crippen LogP) is -4.02. The molecule has 0 aliphatic carbocycles. The SMILES string of the molecule is FN1OC=[C-]C1(F)F.OB(O)O.[K+]. The van der Waals surface area contributed by atoms with Gasteiger partial charge in [0.05, 0.1) is 5.29 Å². The van der Waals surface area contributed by atoms with Gasteiger partial charge in [-0.15, -0.1) is 0 Å². The first-order valence-electron chi connectivity index (χ1n) is 2.50. The summed E-state index contributed by atoms with van der Waals surface area (Å²) in [5, 5.41) is 20.4. The summed E-state index contributed by atoms with van der Waals surface area (Å²) in [6, 6.07) is -3.71. The van der Waals surface area contributed by atoms with Crippen LogP contribution in [-0.4, -0.2) is 33.7 Å². The van der Waals surface area contributed by atoms with Crippen molar-refractivity contribution in [3.8, 4) is 0 Å². The first-order chi connectivity index (χ1) is 5.36. The Morgan fingerprint density at radius 1 is 1.38 bits per heavy atom. The molecule has 1 heterocycles. The molecule has 0 aromatic rings. The normalized spacial score (nSPS) is 18.0. The molecule has 0 spiro atoms. The zero-order valence-electron chi connectivity index (χ0n) is 6.49. The molecular weight excluding hydrogens is 221 g/mol. The van der Waals surface area contributed by atoms with Crippen molar-refractivity contribution in [3.63, 3.8) is 0 Å². The maximum atomic E-state index is 11.6. The van der Waals surface area contributed by atoms with Crippen molar-refractivity contribution in [2.45, 2.75) is 6.05 Å². The van der Waals surface area contributed by atoms with Gasteiger partial charge in [-0.2, -0.15) is 0 Å². The van der Waals surface area contributed by atoms with Gasteiger partial charge in [0.25, 0.3) is 0 Å². The van der Waals surface area contributed by atoms with Gasteiger partial charge in [0.2, 0.25) is 6.05 Å². The maximum Gasteiger partial charge on any atom is 1.00 e. The standard InChI is InChI=1S/C3HF3NO.BH3O3.K/c4-3(5)1-2-8-7(3)6;2-1(3)4;/h2H;2-4H;/q-1;;+1. The molecule has 3 N–H and O–H groups in total. The van der Waals surface area contributed by atoms with Gasteiger partial charge in [0.1, 0.15) is 0 Å². The summed E-state index contributed by atoms with van der Waals surface area (Å²) in [5.41, 5.74) is 0. The van der Waals surface area contributed by atoms with Gasteiger partial charge in [0, 0.05) is 0 Å². The molecule has 0 amide bonds. The minimum Gasteiger partial charge on any atom is -0.419 e. The molecule has 10 heteroatoms. The number of halogens is 3. The van der Waals surface area contributed by atoms with Crippen molar-refractivity contribution in [2.75, 3.05) is 0 Å². The molecular formula is C3H4BF3KNO4. The van der Waals surface area contributed by atoms with E-state index < -0.39 is 18.7 Å². The molecule has 0 atom stereocenters. The van der Waals surface area contributed by atoms with Crippen LogP contribution in [0.15, 0.2) is 6.26 Å². The second-order valence-corrected chi connectivity index (χ2v) is 1.50. The van der Waals surface area contributed by atoms with Gasteiger partial charge < -0.3 is 26.0 Å². The van der Waals surface area contributed by atoms with Gasteiger partial charge in [-0.25, -0.2) is 8.78 Å². The van der Waals surface area contributed by atoms with E-state index in [1.54, 1.807) is 0 Å². The van der Waals surface area contributed by atoms with Crippen molar-refractivity contribution in [1.82, 2.24) is 5.29 Å². The average molecular weight is 225 g/mol. The van der Waals surface area contributed by atoms with Crippen LogP contribution in [0.1, 0.15) is 0 Å². The van der Waals surface area contributed by atoms with Crippen LogP contribution in [0.3, 0.4) is 0 Å². The summed E-state index contributed by atoms with van der Waals surface area (Å²) in [6.45, 7) is 0. The van der Waals surface area contributed by atoms with Crippen LogP contribution >= 0.6 is 0 Å². The van der Waals surface area contributed by atoms with Gasteiger partial charge in [-0.1, -0.05) is 10.7 Å². The summed E-state index contributed by atoms with van der Waals surface area (Å²) in [5.74, 6) is 0. The first-order valence-corrected chi connectivity index (χ1v) is 2.50. The Labute approximate surface area is 114 Å². The second-order valence-electron chi connectivity index (χ2n) is 1.50. The summed E-state index contributed by atoms with van der Waals surface area (Å²) in [6.07, 6.45) is 1.77. The van der Waals surface area contributed by atoms with E-state index in [0.717, 1.165) is 0 Å². The topological polar surface area (TPSA) is 73.2 Å². The smallest absolute Gasteiger partial charge is 0.419 e. The van der Waals surface area contributed by atoms with Crippen LogP contribution < -0.4 is 51.4 Å². The number of alkyl halides is 2. The Morgan fingerprint density at radius 3 is 1.85 bits per heavy atom. The first kappa shape index (κ1) is 16.3. The van der Waals surface area contributed by atoms with Crippen molar-refractivity contribution >= 4 is 7.32 Å². The van der Waals surface area contributed by atoms with Gasteiger partial charge in [-0.3, -0.25) is 0 Å². The van der Waals surface area contributed by atoms with Crippen molar-refractivity contribution in [3.05, 3.63) is 12.3 Å². The van der Waals surface area contributed by atoms with E-state index in [9.17, 15) is 13.3 Å². The number of nitrogens with zero attached hydrogens (tertiary/aromatic N) is 1. The van der Waals surface area contributed by atoms with Crippen LogP contribution in [-0.2, 0) is 4.84 Å². The van der Waals surface area contributed by atoms with Crippen molar-refractivity contribution in [1.29, 1.82) is 0 Å². The molecule has 70 valence electrons. The fourth-order valence-electron chi connectivity index (χ4n) is 0.260. The Bertz CT molecular complexity index is 168. The molecule has 0 saturated carbocycles. The number of rotatable bonds is 0. The number of hydrogen-bond acceptors (Lipinski definition) is 5. The van der Waals surface area contributed by atoms with Crippen LogP contribution in [0.5, 0.6) is 0 Å². The van der Waals surface area contributed by atoms with E-state index in [0.29, 0.717) is 6.26 Å². The van der Waals surface area contributed by atoms with Gasteiger partial charge in [0.15, 0.2) is 0 Å². The van der Waals surface area contributed by atoms with Gasteiger partial charge in [-0.05, 0) is 0 Å². The van der Waals surface area contributed by atoms with Crippen LogP contribution in [0.4, 0.5) is 13.3 Å². The molecule has 1 aliphatic rings. The molecule has 0 saturated heterocycles. The zero-order valence-corrected chi connectivity index (χ0v) is 9.61. The summed E-state index contributed by atoms with van der Waals surface area (Å²) >= 11 is 0. The third-order valence-corrected chi connectivity index (χ3v) is 0.599. The summed E-state index contributed by atoms with van der Waals surface area (Å²) in [4.78, 5) is 3.55. The van der Waals surface area contributed by atoms with Crippen LogP contribution in [0.2, 0.25) is 0 Å². The van der Waals surface area contributed by atoms with E-state index in [2.05, 4.69) is 4.84 Å². The Balaban J connectivity index is 0. The quantitative estimate of drug-likeness (QED) is 0.169. The summed E-state index contributed by atoms with van der Waals surface area (Å²) < 4.78 is 34.7. The molecule has 0 aromatic carbocycles. The molecule has 0 fully saturated rings. The summed E-state index contributed by atoms with van der Waals surface area (Å²) in [7, 11) is -2.17. The van der Waals surface area contributed by atoms with E-state index in [1.807, 2.05) is 0 Å². The van der Waals surface area contributed by atoms with E-state index in [-0.39, 0.29) is 51.4 Å². The number of hydrogen-bond donors (Lipinski definition) is 3. The monoisotopic (exact) mass is 225 g/mol. The van der Waals surface area contributed by atoms with Crippen LogP contribution in [0.25, 0.3) is 0 Å². The van der Waals surface area contributed by atoms with E-state index in [1.165, 1.54) is 6.08 Å². The Morgan fingerprint density at radius 2 is 1.77 bits per heavy atom. The van der Waals surface area contributed by atoms with Crippen molar-refractivity contribution < 1.29 is 84.6 Å². The molecule has 0 unspecified atom stereocenters. The molecule has 0 bridgehead atoms. The molecule has 13 heavy (non-hydrogen) atoms. The van der Waals surface area contributed by atoms with Crippen molar-refractivity contribution in [2.24, 2.45) is 0 Å². The van der Waals surface area contributed by atoms with E-state index in [4.69, 9.17) is 15.1 Å². The second kappa shape index (κ2) is 7.20. The number of hydroxylamine groups is 1. The molecule has 1 rings (SSSR count). The molecule has 5 nitrogen and oxygen atoms in total. The van der Waals surface area contributed by atoms with Crippen LogP contribution in [0, 0.1) is 6.08 Å². The van der Waals surface area contributed by atoms with E-state index >= 15 is 0 Å². The fraction of sp³-hybridized carbons (Fsp3) is 0.333.